The van der Waals surface area contributed by atoms with Crippen LogP contribution in [0.15, 0.2) is 51.2 Å². The molecule has 1 N–H and O–H groups in total. The summed E-state index contributed by atoms with van der Waals surface area (Å²) in [6.45, 7) is 0.658. The minimum absolute atomic E-state index is 0.619. The van der Waals surface area contributed by atoms with Gasteiger partial charge in [-0.2, -0.15) is 0 Å². The maximum atomic E-state index is 6.00. The molecule has 0 saturated carbocycles. The number of aromatic nitrogens is 1. The predicted octanol–water partition coefficient (Wildman–Crippen LogP) is 5.63. The van der Waals surface area contributed by atoms with E-state index in [4.69, 9.17) is 18.7 Å². The van der Waals surface area contributed by atoms with Crippen molar-refractivity contribution in [2.45, 2.75) is 11.3 Å². The van der Waals surface area contributed by atoms with Gasteiger partial charge in [-0.1, -0.05) is 17.3 Å². The van der Waals surface area contributed by atoms with E-state index in [1.165, 1.54) is 22.4 Å². The average molecular weight is 427 g/mol. The highest BCUT2D eigenvalue weighted by Crippen LogP contribution is 2.46. The number of rotatable bonds is 6. The molecule has 0 atom stereocenters. The molecule has 4 aromatic rings. The normalized spacial score (nSPS) is 12.6. The highest BCUT2D eigenvalue weighted by molar-refractivity contribution is 8.00. The number of anilines is 1. The van der Waals surface area contributed by atoms with Crippen molar-refractivity contribution in [2.75, 3.05) is 25.5 Å². The summed E-state index contributed by atoms with van der Waals surface area (Å²) in [7, 11) is 3.27. The van der Waals surface area contributed by atoms with Crippen LogP contribution in [0.5, 0.6) is 17.2 Å². The van der Waals surface area contributed by atoms with Gasteiger partial charge in [0.25, 0.3) is 0 Å². The molecule has 5 rings (SSSR count). The largest absolute Gasteiger partial charge is 0.495 e. The van der Waals surface area contributed by atoms with Crippen LogP contribution >= 0.6 is 23.3 Å². The van der Waals surface area contributed by atoms with E-state index in [0.717, 1.165) is 39.5 Å². The molecule has 1 aliphatic heterocycles. The second-order valence-corrected chi connectivity index (χ2v) is 8.17. The molecule has 0 radical (unpaired) electrons. The molecular formula is C21H18N2O4S2. The fraction of sp³-hybridized carbons (Fsp3) is 0.190. The summed E-state index contributed by atoms with van der Waals surface area (Å²) in [5.74, 6) is 2.91. The molecule has 2 aromatic carbocycles. The third-order valence-electron chi connectivity index (χ3n) is 4.84. The van der Waals surface area contributed by atoms with Crippen LogP contribution in [-0.4, -0.2) is 26.0 Å². The van der Waals surface area contributed by atoms with Crippen molar-refractivity contribution in [3.8, 4) is 27.7 Å². The van der Waals surface area contributed by atoms with Gasteiger partial charge in [0.15, 0.2) is 11.4 Å². The highest BCUT2D eigenvalue weighted by Gasteiger charge is 2.26. The maximum absolute atomic E-state index is 6.00. The van der Waals surface area contributed by atoms with Gasteiger partial charge in [-0.3, -0.25) is 0 Å². The van der Waals surface area contributed by atoms with Gasteiger partial charge in [-0.25, -0.2) is 0 Å². The second-order valence-electron chi connectivity index (χ2n) is 6.41. The zero-order valence-electron chi connectivity index (χ0n) is 15.9. The molecule has 2 aromatic heterocycles. The van der Waals surface area contributed by atoms with Gasteiger partial charge in [-0.15, -0.1) is 11.3 Å². The summed E-state index contributed by atoms with van der Waals surface area (Å²) in [5.41, 5.74) is 3.05. The minimum atomic E-state index is 0.619. The maximum Gasteiger partial charge on any atom is 0.191 e. The Kier molecular flexibility index (Phi) is 4.73. The van der Waals surface area contributed by atoms with Gasteiger partial charge in [0.2, 0.25) is 0 Å². The van der Waals surface area contributed by atoms with Crippen LogP contribution in [0, 0.1) is 0 Å². The molecule has 29 heavy (non-hydrogen) atoms. The average Bonchev–Trinajstić information content (AvgIpc) is 3.51. The molecule has 0 unspecified atom stereocenters. The van der Waals surface area contributed by atoms with Gasteiger partial charge in [0.1, 0.15) is 27.5 Å². The van der Waals surface area contributed by atoms with Crippen LogP contribution < -0.4 is 18.9 Å². The third kappa shape index (κ3) is 3.08. The number of benzene rings is 2. The van der Waals surface area contributed by atoms with Gasteiger partial charge in [0, 0.05) is 22.4 Å². The van der Waals surface area contributed by atoms with E-state index >= 15 is 0 Å². The molecular weight excluding hydrogens is 408 g/mol. The highest BCUT2D eigenvalue weighted by atomic mass is 32.2. The first-order valence-corrected chi connectivity index (χ1v) is 10.8. The van der Waals surface area contributed by atoms with Crippen molar-refractivity contribution in [2.24, 2.45) is 0 Å². The van der Waals surface area contributed by atoms with Crippen molar-refractivity contribution in [1.82, 2.24) is 5.16 Å². The van der Waals surface area contributed by atoms with Crippen LogP contribution in [0.3, 0.4) is 0 Å². The fourth-order valence-corrected chi connectivity index (χ4v) is 5.13. The number of fused-ring (bicyclic) bond motifs is 3. The lowest BCUT2D eigenvalue weighted by atomic mass is 10.0. The zero-order valence-corrected chi connectivity index (χ0v) is 17.5. The van der Waals surface area contributed by atoms with Crippen LogP contribution in [0.4, 0.5) is 5.82 Å². The Morgan fingerprint density at radius 3 is 2.69 bits per heavy atom. The molecule has 8 heteroatoms. The number of ether oxygens (including phenoxy) is 3. The van der Waals surface area contributed by atoms with E-state index in [2.05, 4.69) is 33.5 Å². The third-order valence-corrected chi connectivity index (χ3v) is 6.64. The lowest BCUT2D eigenvalue weighted by molar-refractivity contribution is 0.360. The minimum Gasteiger partial charge on any atom is -0.495 e. The fourth-order valence-electron chi connectivity index (χ4n) is 3.51. The molecule has 0 saturated heterocycles. The number of nitrogens with zero attached hydrogens (tertiary/aromatic N) is 1. The van der Waals surface area contributed by atoms with E-state index < -0.39 is 0 Å². The SMILES string of the molecule is COc1cccc(OC)c1SNc1noc2cc(-c3cccs3)c3c(c12)OCC3. The molecule has 0 spiro atoms. The molecule has 0 aliphatic carbocycles. The Labute approximate surface area is 175 Å². The number of hydrogen-bond acceptors (Lipinski definition) is 8. The molecule has 148 valence electrons. The second kappa shape index (κ2) is 7.53. The van der Waals surface area contributed by atoms with Gasteiger partial charge >= 0.3 is 0 Å². The van der Waals surface area contributed by atoms with E-state index in [-0.39, 0.29) is 0 Å². The smallest absolute Gasteiger partial charge is 0.191 e. The first kappa shape index (κ1) is 18.2. The number of hydrogen-bond donors (Lipinski definition) is 1. The van der Waals surface area contributed by atoms with Gasteiger partial charge < -0.3 is 23.5 Å². The molecule has 0 amide bonds. The van der Waals surface area contributed by atoms with Gasteiger partial charge in [0.05, 0.1) is 20.8 Å². The van der Waals surface area contributed by atoms with Crippen LogP contribution in [0.2, 0.25) is 0 Å². The summed E-state index contributed by atoms with van der Waals surface area (Å²) in [5, 5.41) is 7.19. The van der Waals surface area contributed by atoms with Crippen LogP contribution in [-0.2, 0) is 6.42 Å². The van der Waals surface area contributed by atoms with Crippen LogP contribution in [0.1, 0.15) is 5.56 Å². The van der Waals surface area contributed by atoms with Crippen molar-refractivity contribution in [3.63, 3.8) is 0 Å². The number of thiophene rings is 1. The lowest BCUT2D eigenvalue weighted by Gasteiger charge is -2.12. The van der Waals surface area contributed by atoms with E-state index in [0.29, 0.717) is 18.0 Å². The Morgan fingerprint density at radius 2 is 1.97 bits per heavy atom. The Balaban J connectivity index is 1.54. The van der Waals surface area contributed by atoms with Gasteiger partial charge in [-0.05, 0) is 41.6 Å². The predicted molar refractivity (Wildman–Crippen MR) is 116 cm³/mol. The summed E-state index contributed by atoms with van der Waals surface area (Å²) in [6, 6.07) is 11.9. The number of methoxy groups -OCH3 is 2. The Morgan fingerprint density at radius 1 is 1.14 bits per heavy atom. The van der Waals surface area contributed by atoms with E-state index in [9.17, 15) is 0 Å². The summed E-state index contributed by atoms with van der Waals surface area (Å²) in [4.78, 5) is 2.04. The lowest BCUT2D eigenvalue weighted by Crippen LogP contribution is -1.95. The quantitative estimate of drug-likeness (QED) is 0.401. The topological polar surface area (TPSA) is 65.8 Å². The first-order valence-electron chi connectivity index (χ1n) is 9.06. The van der Waals surface area contributed by atoms with Crippen LogP contribution in [0.25, 0.3) is 21.4 Å². The summed E-state index contributed by atoms with van der Waals surface area (Å²) in [6.07, 6.45) is 0.872. The zero-order chi connectivity index (χ0) is 19.8. The van der Waals surface area contributed by atoms with Crippen molar-refractivity contribution in [1.29, 1.82) is 0 Å². The molecule has 3 heterocycles. The Hall–Kier alpha value is -2.84. The molecule has 0 bridgehead atoms. The van der Waals surface area contributed by atoms with Crippen molar-refractivity contribution in [3.05, 3.63) is 47.3 Å². The van der Waals surface area contributed by atoms with E-state index in [1.54, 1.807) is 25.6 Å². The molecule has 0 fully saturated rings. The standard InChI is InChI=1S/C21H18N2O4S2/c1-24-14-5-3-6-15(25-2)20(14)29-23-21-18-16(27-22-21)11-13(17-7-4-10-28-17)12-8-9-26-19(12)18/h3-7,10-11H,8-9H2,1-2H3,(H,22,23). The summed E-state index contributed by atoms with van der Waals surface area (Å²) >= 11 is 3.07. The van der Waals surface area contributed by atoms with E-state index in [1.807, 2.05) is 18.2 Å². The monoisotopic (exact) mass is 426 g/mol. The van der Waals surface area contributed by atoms with Crippen molar-refractivity contribution >= 4 is 40.1 Å². The molecule has 1 aliphatic rings. The Bertz CT molecular complexity index is 1150. The number of nitrogens with one attached hydrogen (secondary N) is 1. The molecule has 6 nitrogen and oxygen atoms in total. The first-order chi connectivity index (χ1) is 14.3. The summed E-state index contributed by atoms with van der Waals surface area (Å²) < 4.78 is 25.9. The van der Waals surface area contributed by atoms with Crippen molar-refractivity contribution < 1.29 is 18.7 Å².